The summed E-state index contributed by atoms with van der Waals surface area (Å²) < 4.78 is 11.0. The summed E-state index contributed by atoms with van der Waals surface area (Å²) in [6.45, 7) is 0. The van der Waals surface area contributed by atoms with Crippen molar-refractivity contribution in [1.82, 2.24) is 19.7 Å². The third-order valence-corrected chi connectivity index (χ3v) is 4.37. The largest absolute Gasteiger partial charge is 0.469 e. The average molecular weight is 408 g/mol. The topological polar surface area (TPSA) is 146 Å². The number of carbonyl (C=O) groups is 2. The van der Waals surface area contributed by atoms with E-state index < -0.39 is 5.97 Å². The van der Waals surface area contributed by atoms with Crippen molar-refractivity contribution in [3.8, 4) is 17.1 Å². The number of hydrogen-bond donors (Lipinski definition) is 2. The minimum atomic E-state index is -0.520. The molecule has 0 saturated heterocycles. The molecule has 10 heteroatoms. The smallest absolute Gasteiger partial charge is 0.337 e. The molecule has 0 spiro atoms. The van der Waals surface area contributed by atoms with Crippen LogP contribution in [0.25, 0.3) is 17.1 Å². The van der Waals surface area contributed by atoms with Gasteiger partial charge in [0.15, 0.2) is 5.82 Å². The monoisotopic (exact) mass is 408 g/mol. The van der Waals surface area contributed by atoms with Crippen molar-refractivity contribution in [2.24, 2.45) is 5.73 Å². The fourth-order valence-electron chi connectivity index (χ4n) is 2.79. The second-order valence-electron chi connectivity index (χ2n) is 6.29. The summed E-state index contributed by atoms with van der Waals surface area (Å²) >= 11 is 0. The van der Waals surface area contributed by atoms with Gasteiger partial charge in [0.1, 0.15) is 12.2 Å². The molecular weight excluding hydrogens is 388 g/mol. The van der Waals surface area contributed by atoms with Gasteiger partial charge in [-0.15, -0.1) is 10.2 Å². The SMILES string of the molecule is COC(=O)CCc1cn(-c2ccc(-c3ccc(C(=O)OC)cc3C(=N)N)nn2)cn1. The Kier molecular flexibility index (Phi) is 6.16. The van der Waals surface area contributed by atoms with Gasteiger partial charge in [-0.3, -0.25) is 14.8 Å². The van der Waals surface area contributed by atoms with Crippen molar-refractivity contribution >= 4 is 17.8 Å². The Morgan fingerprint density at radius 3 is 2.57 bits per heavy atom. The second kappa shape index (κ2) is 8.95. The highest BCUT2D eigenvalue weighted by molar-refractivity contribution is 6.03. The van der Waals surface area contributed by atoms with E-state index in [0.29, 0.717) is 29.1 Å². The van der Waals surface area contributed by atoms with Crippen molar-refractivity contribution in [3.05, 3.63) is 59.7 Å². The Labute approximate surface area is 172 Å². The van der Waals surface area contributed by atoms with Gasteiger partial charge >= 0.3 is 11.9 Å². The molecular formula is C20H20N6O4. The Bertz CT molecular complexity index is 1090. The summed E-state index contributed by atoms with van der Waals surface area (Å²) in [5, 5.41) is 16.2. The first-order valence-electron chi connectivity index (χ1n) is 8.94. The Balaban J connectivity index is 1.84. The summed E-state index contributed by atoms with van der Waals surface area (Å²) in [6, 6.07) is 8.19. The van der Waals surface area contributed by atoms with E-state index in [1.54, 1.807) is 41.4 Å². The number of ether oxygens (including phenoxy) is 2. The van der Waals surface area contributed by atoms with Crippen LogP contribution in [0.1, 0.15) is 28.0 Å². The van der Waals surface area contributed by atoms with Crippen LogP contribution in [-0.4, -0.2) is 51.7 Å². The Morgan fingerprint density at radius 2 is 1.93 bits per heavy atom. The standard InChI is InChI=1S/C20H20N6O4/c1-29-18(27)8-4-13-10-26(11-23-13)17-7-6-16(24-25-17)14-5-3-12(20(28)30-2)9-15(14)19(21)22/h3,5-7,9-11H,4,8H2,1-2H3,(H3,21,22). The number of imidazole rings is 1. The van der Waals surface area contributed by atoms with Crippen LogP contribution in [0.2, 0.25) is 0 Å². The van der Waals surface area contributed by atoms with E-state index in [2.05, 4.69) is 19.9 Å². The van der Waals surface area contributed by atoms with Crippen molar-refractivity contribution in [2.45, 2.75) is 12.8 Å². The number of aromatic nitrogens is 4. The highest BCUT2D eigenvalue weighted by Gasteiger charge is 2.15. The molecule has 0 atom stereocenters. The van der Waals surface area contributed by atoms with Crippen LogP contribution in [-0.2, 0) is 20.7 Å². The van der Waals surface area contributed by atoms with E-state index in [1.165, 1.54) is 20.3 Å². The number of amidine groups is 1. The molecule has 0 aliphatic heterocycles. The quantitative estimate of drug-likeness (QED) is 0.340. The highest BCUT2D eigenvalue weighted by atomic mass is 16.5. The molecule has 0 radical (unpaired) electrons. The van der Waals surface area contributed by atoms with E-state index >= 15 is 0 Å². The molecule has 2 aromatic heterocycles. The fourth-order valence-corrected chi connectivity index (χ4v) is 2.79. The Hall–Kier alpha value is -4.08. The summed E-state index contributed by atoms with van der Waals surface area (Å²) in [6.07, 6.45) is 4.05. The molecule has 2 heterocycles. The number of aryl methyl sites for hydroxylation is 1. The normalized spacial score (nSPS) is 10.5. The van der Waals surface area contributed by atoms with Crippen LogP contribution in [0.5, 0.6) is 0 Å². The van der Waals surface area contributed by atoms with Gasteiger partial charge in [-0.25, -0.2) is 9.78 Å². The number of nitrogens with one attached hydrogen (secondary N) is 1. The molecule has 30 heavy (non-hydrogen) atoms. The Morgan fingerprint density at radius 1 is 1.13 bits per heavy atom. The maximum atomic E-state index is 11.7. The zero-order valence-corrected chi connectivity index (χ0v) is 16.5. The molecule has 0 saturated carbocycles. The van der Waals surface area contributed by atoms with Gasteiger partial charge in [-0.1, -0.05) is 6.07 Å². The lowest BCUT2D eigenvalue weighted by Gasteiger charge is -2.10. The van der Waals surface area contributed by atoms with Gasteiger partial charge in [-0.2, -0.15) is 0 Å². The number of methoxy groups -OCH3 is 2. The second-order valence-corrected chi connectivity index (χ2v) is 6.29. The van der Waals surface area contributed by atoms with Gasteiger partial charge in [0.05, 0.1) is 37.6 Å². The van der Waals surface area contributed by atoms with Crippen LogP contribution >= 0.6 is 0 Å². The zero-order valence-electron chi connectivity index (χ0n) is 16.5. The predicted octanol–water partition coefficient (Wildman–Crippen LogP) is 1.51. The minimum absolute atomic E-state index is 0.202. The molecule has 0 aliphatic carbocycles. The summed E-state index contributed by atoms with van der Waals surface area (Å²) in [5.41, 5.74) is 8.11. The van der Waals surface area contributed by atoms with Crippen molar-refractivity contribution in [1.29, 1.82) is 5.41 Å². The average Bonchev–Trinajstić information content (AvgIpc) is 3.25. The van der Waals surface area contributed by atoms with Gasteiger partial charge in [0.25, 0.3) is 0 Å². The number of carbonyl (C=O) groups excluding carboxylic acids is 2. The number of hydrogen-bond acceptors (Lipinski definition) is 8. The first-order valence-corrected chi connectivity index (χ1v) is 8.94. The van der Waals surface area contributed by atoms with Crippen molar-refractivity contribution in [3.63, 3.8) is 0 Å². The van der Waals surface area contributed by atoms with Crippen molar-refractivity contribution < 1.29 is 19.1 Å². The maximum Gasteiger partial charge on any atom is 0.337 e. The molecule has 154 valence electrons. The van der Waals surface area contributed by atoms with Crippen LogP contribution < -0.4 is 5.73 Å². The van der Waals surface area contributed by atoms with E-state index in [1.807, 2.05) is 0 Å². The minimum Gasteiger partial charge on any atom is -0.469 e. The first-order chi connectivity index (χ1) is 14.4. The van der Waals surface area contributed by atoms with Crippen LogP contribution in [0.4, 0.5) is 0 Å². The van der Waals surface area contributed by atoms with Gasteiger partial charge in [0.2, 0.25) is 0 Å². The third kappa shape index (κ3) is 4.49. The molecule has 3 N–H and O–H groups in total. The molecule has 0 fully saturated rings. The van der Waals surface area contributed by atoms with Crippen LogP contribution in [0.15, 0.2) is 42.9 Å². The summed E-state index contributed by atoms with van der Waals surface area (Å²) in [7, 11) is 2.63. The van der Waals surface area contributed by atoms with Crippen LogP contribution in [0.3, 0.4) is 0 Å². The number of rotatable bonds is 7. The number of nitrogens with zero attached hydrogens (tertiary/aromatic N) is 4. The predicted molar refractivity (Wildman–Crippen MR) is 107 cm³/mol. The molecule has 0 aliphatic rings. The third-order valence-electron chi connectivity index (χ3n) is 4.37. The van der Waals surface area contributed by atoms with E-state index in [0.717, 1.165) is 5.69 Å². The molecule has 0 amide bonds. The van der Waals surface area contributed by atoms with Crippen molar-refractivity contribution in [2.75, 3.05) is 14.2 Å². The van der Waals surface area contributed by atoms with E-state index in [-0.39, 0.29) is 23.8 Å². The zero-order chi connectivity index (χ0) is 21.7. The van der Waals surface area contributed by atoms with Gasteiger partial charge < -0.3 is 15.2 Å². The molecule has 3 rings (SSSR count). The number of benzene rings is 1. The molecule has 0 unspecified atom stereocenters. The lowest BCUT2D eigenvalue weighted by Crippen LogP contribution is -2.14. The van der Waals surface area contributed by atoms with E-state index in [9.17, 15) is 9.59 Å². The lowest BCUT2D eigenvalue weighted by atomic mass is 10.0. The first kappa shape index (κ1) is 20.6. The van der Waals surface area contributed by atoms with Gasteiger partial charge in [-0.05, 0) is 24.3 Å². The maximum absolute atomic E-state index is 11.7. The molecule has 3 aromatic rings. The number of nitrogen functional groups attached to an aromatic ring is 1. The molecule has 10 nitrogen and oxygen atoms in total. The summed E-state index contributed by atoms with van der Waals surface area (Å²) in [5.74, 6) is -0.487. The molecule has 1 aromatic carbocycles. The van der Waals surface area contributed by atoms with Crippen LogP contribution in [0, 0.1) is 5.41 Å². The fraction of sp³-hybridized carbons (Fsp3) is 0.200. The van der Waals surface area contributed by atoms with E-state index in [4.69, 9.17) is 15.9 Å². The molecule has 0 bridgehead atoms. The number of nitrogens with two attached hydrogens (primary N) is 1. The highest BCUT2D eigenvalue weighted by Crippen LogP contribution is 2.23. The van der Waals surface area contributed by atoms with Gasteiger partial charge in [0, 0.05) is 23.7 Å². The number of esters is 2. The summed E-state index contributed by atoms with van der Waals surface area (Å²) in [4.78, 5) is 27.3. The lowest BCUT2D eigenvalue weighted by molar-refractivity contribution is -0.140.